The molecule has 0 aromatic heterocycles. The molecule has 0 aliphatic carbocycles. The van der Waals surface area contributed by atoms with Crippen LogP contribution in [0.15, 0.2) is 24.3 Å². The van der Waals surface area contributed by atoms with E-state index < -0.39 is 0 Å². The van der Waals surface area contributed by atoms with E-state index in [1.165, 1.54) is 0 Å². The van der Waals surface area contributed by atoms with Gasteiger partial charge in [-0.05, 0) is 18.9 Å². The standard InChI is InChI=1S/C15H22N2O2/c16-11-13-7-2-1-5-9-17(13)15(19)10-12-6-3-4-8-14(12)18/h3-4,6,8,13,18H,1-2,5,7,9-11,16H2. The van der Waals surface area contributed by atoms with Crippen molar-refractivity contribution in [2.45, 2.75) is 38.1 Å². The summed E-state index contributed by atoms with van der Waals surface area (Å²) in [5.74, 6) is 0.258. The van der Waals surface area contributed by atoms with Gasteiger partial charge in [-0.1, -0.05) is 31.0 Å². The van der Waals surface area contributed by atoms with Crippen LogP contribution in [0, 0.1) is 0 Å². The molecule has 3 N–H and O–H groups in total. The van der Waals surface area contributed by atoms with Gasteiger partial charge in [-0.3, -0.25) is 4.79 Å². The van der Waals surface area contributed by atoms with Crippen LogP contribution in [0.1, 0.15) is 31.2 Å². The molecule has 1 aliphatic heterocycles. The number of hydrogen-bond donors (Lipinski definition) is 2. The van der Waals surface area contributed by atoms with Gasteiger partial charge in [0.05, 0.1) is 6.42 Å². The van der Waals surface area contributed by atoms with Crippen LogP contribution in [0.5, 0.6) is 5.75 Å². The Bertz CT molecular complexity index is 434. The number of aromatic hydroxyl groups is 1. The van der Waals surface area contributed by atoms with Gasteiger partial charge in [0.15, 0.2) is 0 Å². The summed E-state index contributed by atoms with van der Waals surface area (Å²) in [6.07, 6.45) is 4.59. The van der Waals surface area contributed by atoms with Crippen molar-refractivity contribution in [3.63, 3.8) is 0 Å². The highest BCUT2D eigenvalue weighted by Crippen LogP contribution is 2.20. The van der Waals surface area contributed by atoms with Gasteiger partial charge in [0.25, 0.3) is 0 Å². The molecule has 1 heterocycles. The number of likely N-dealkylation sites (tertiary alicyclic amines) is 1. The summed E-state index contributed by atoms with van der Waals surface area (Å²) >= 11 is 0. The summed E-state index contributed by atoms with van der Waals surface area (Å²) in [5.41, 5.74) is 6.47. The zero-order chi connectivity index (χ0) is 13.7. The van der Waals surface area contributed by atoms with Crippen LogP contribution in [-0.2, 0) is 11.2 Å². The molecule has 4 nitrogen and oxygen atoms in total. The minimum absolute atomic E-state index is 0.0684. The predicted molar refractivity (Wildman–Crippen MR) is 74.8 cm³/mol. The van der Waals surface area contributed by atoms with E-state index in [1.54, 1.807) is 18.2 Å². The summed E-state index contributed by atoms with van der Waals surface area (Å²) in [6, 6.07) is 7.16. The van der Waals surface area contributed by atoms with Gasteiger partial charge < -0.3 is 15.7 Å². The predicted octanol–water partition coefficient (Wildman–Crippen LogP) is 1.66. The third kappa shape index (κ3) is 3.47. The third-order valence-corrected chi connectivity index (χ3v) is 3.80. The van der Waals surface area contributed by atoms with Crippen LogP contribution in [-0.4, -0.2) is 35.0 Å². The number of hydrogen-bond acceptors (Lipinski definition) is 3. The van der Waals surface area contributed by atoms with Gasteiger partial charge in [-0.25, -0.2) is 0 Å². The first-order valence-corrected chi connectivity index (χ1v) is 6.98. The maximum absolute atomic E-state index is 12.4. The lowest BCUT2D eigenvalue weighted by atomic mass is 10.1. The van der Waals surface area contributed by atoms with E-state index in [1.807, 2.05) is 11.0 Å². The number of nitrogens with two attached hydrogens (primary N) is 1. The first kappa shape index (κ1) is 13.9. The summed E-state index contributed by atoms with van der Waals surface area (Å²) in [5, 5.41) is 9.74. The van der Waals surface area contributed by atoms with Crippen LogP contribution < -0.4 is 5.73 Å². The maximum Gasteiger partial charge on any atom is 0.227 e. The first-order chi connectivity index (χ1) is 9.22. The molecule has 1 aromatic carbocycles. The molecule has 0 radical (unpaired) electrons. The highest BCUT2D eigenvalue weighted by molar-refractivity contribution is 5.79. The average Bonchev–Trinajstić information content (AvgIpc) is 2.66. The highest BCUT2D eigenvalue weighted by Gasteiger charge is 2.24. The number of rotatable bonds is 3. The molecule has 104 valence electrons. The number of phenolic OH excluding ortho intramolecular Hbond substituents is 1. The van der Waals surface area contributed by atoms with Crippen LogP contribution in [0.25, 0.3) is 0 Å². The molecule has 1 fully saturated rings. The summed E-state index contributed by atoms with van der Waals surface area (Å²) < 4.78 is 0. The minimum atomic E-state index is 0.0684. The second-order valence-corrected chi connectivity index (χ2v) is 5.13. The molecule has 1 amide bonds. The van der Waals surface area contributed by atoms with E-state index in [0.717, 1.165) is 32.2 Å². The molecule has 0 spiro atoms. The normalized spacial score (nSPS) is 20.1. The molecule has 0 bridgehead atoms. The Kier molecular flexibility index (Phi) is 4.80. The van der Waals surface area contributed by atoms with Gasteiger partial charge in [-0.2, -0.15) is 0 Å². The van der Waals surface area contributed by atoms with Gasteiger partial charge in [0.1, 0.15) is 5.75 Å². The van der Waals surface area contributed by atoms with Gasteiger partial charge in [0.2, 0.25) is 5.91 Å². The fourth-order valence-corrected chi connectivity index (χ4v) is 2.68. The van der Waals surface area contributed by atoms with E-state index in [2.05, 4.69) is 0 Å². The van der Waals surface area contributed by atoms with Gasteiger partial charge in [0, 0.05) is 24.7 Å². The number of carbonyl (C=O) groups is 1. The lowest BCUT2D eigenvalue weighted by Gasteiger charge is -2.29. The van der Waals surface area contributed by atoms with Crippen LogP contribution >= 0.6 is 0 Å². The van der Waals surface area contributed by atoms with Crippen molar-refractivity contribution >= 4 is 5.91 Å². The monoisotopic (exact) mass is 262 g/mol. The molecule has 1 atom stereocenters. The van der Waals surface area contributed by atoms with Crippen molar-refractivity contribution in [1.82, 2.24) is 4.90 Å². The molecule has 1 saturated heterocycles. The smallest absolute Gasteiger partial charge is 0.227 e. The second kappa shape index (κ2) is 6.57. The summed E-state index contributed by atoms with van der Waals surface area (Å²) in [7, 11) is 0. The van der Waals surface area contributed by atoms with E-state index >= 15 is 0 Å². The Balaban J connectivity index is 2.07. The zero-order valence-corrected chi connectivity index (χ0v) is 11.2. The van der Waals surface area contributed by atoms with Crippen LogP contribution in [0.2, 0.25) is 0 Å². The van der Waals surface area contributed by atoms with Crippen molar-refractivity contribution in [3.05, 3.63) is 29.8 Å². The van der Waals surface area contributed by atoms with Crippen LogP contribution in [0.3, 0.4) is 0 Å². The molecule has 19 heavy (non-hydrogen) atoms. The second-order valence-electron chi connectivity index (χ2n) is 5.13. The van der Waals surface area contributed by atoms with E-state index in [-0.39, 0.29) is 24.1 Å². The van der Waals surface area contributed by atoms with E-state index in [0.29, 0.717) is 12.1 Å². The molecule has 1 aliphatic rings. The Morgan fingerprint density at radius 3 is 2.84 bits per heavy atom. The molecule has 1 unspecified atom stereocenters. The average molecular weight is 262 g/mol. The Labute approximate surface area is 114 Å². The topological polar surface area (TPSA) is 66.6 Å². The van der Waals surface area contributed by atoms with Crippen molar-refractivity contribution in [2.24, 2.45) is 5.73 Å². The number of nitrogens with zero attached hydrogens (tertiary/aromatic N) is 1. The third-order valence-electron chi connectivity index (χ3n) is 3.80. The van der Waals surface area contributed by atoms with Gasteiger partial charge in [-0.15, -0.1) is 0 Å². The molecule has 0 saturated carbocycles. The molecule has 2 rings (SSSR count). The van der Waals surface area contributed by atoms with Crippen molar-refractivity contribution in [1.29, 1.82) is 0 Å². The van der Waals surface area contributed by atoms with Crippen molar-refractivity contribution in [2.75, 3.05) is 13.1 Å². The van der Waals surface area contributed by atoms with E-state index in [9.17, 15) is 9.90 Å². The van der Waals surface area contributed by atoms with Crippen molar-refractivity contribution in [3.8, 4) is 5.75 Å². The number of para-hydroxylation sites is 1. The molecule has 1 aromatic rings. The number of benzene rings is 1. The largest absolute Gasteiger partial charge is 0.508 e. The SMILES string of the molecule is NCC1CCCCCN1C(=O)Cc1ccccc1O. The van der Waals surface area contributed by atoms with Crippen molar-refractivity contribution < 1.29 is 9.90 Å². The zero-order valence-electron chi connectivity index (χ0n) is 11.2. The van der Waals surface area contributed by atoms with E-state index in [4.69, 9.17) is 5.73 Å². The maximum atomic E-state index is 12.4. The fraction of sp³-hybridized carbons (Fsp3) is 0.533. The highest BCUT2D eigenvalue weighted by atomic mass is 16.3. The minimum Gasteiger partial charge on any atom is -0.508 e. The molecular weight excluding hydrogens is 240 g/mol. The fourth-order valence-electron chi connectivity index (χ4n) is 2.68. The summed E-state index contributed by atoms with van der Waals surface area (Å²) in [6.45, 7) is 1.31. The quantitative estimate of drug-likeness (QED) is 0.870. The molecule has 4 heteroatoms. The lowest BCUT2D eigenvalue weighted by molar-refractivity contribution is -0.132. The number of carbonyl (C=O) groups excluding carboxylic acids is 1. The lowest BCUT2D eigenvalue weighted by Crippen LogP contribution is -2.44. The Morgan fingerprint density at radius 2 is 2.11 bits per heavy atom. The van der Waals surface area contributed by atoms with Crippen LogP contribution in [0.4, 0.5) is 0 Å². The Morgan fingerprint density at radius 1 is 1.32 bits per heavy atom. The van der Waals surface area contributed by atoms with Gasteiger partial charge >= 0.3 is 0 Å². The number of amides is 1. The number of phenols is 1. The molecular formula is C15H22N2O2. The first-order valence-electron chi connectivity index (χ1n) is 6.98. The summed E-state index contributed by atoms with van der Waals surface area (Å²) in [4.78, 5) is 14.3. The Hall–Kier alpha value is -1.55.